The fourth-order valence-corrected chi connectivity index (χ4v) is 1.80. The topological polar surface area (TPSA) is 66.8 Å². The highest BCUT2D eigenvalue weighted by Gasteiger charge is 2.12. The van der Waals surface area contributed by atoms with E-state index < -0.39 is 5.97 Å². The number of aryl methyl sites for hydroxylation is 1. The van der Waals surface area contributed by atoms with Crippen molar-refractivity contribution in [2.24, 2.45) is 0 Å². The average Bonchev–Trinajstić information content (AvgIpc) is 2.44. The average molecular weight is 289 g/mol. The summed E-state index contributed by atoms with van der Waals surface area (Å²) >= 11 is 0. The molecule has 1 rings (SSSR count). The lowest BCUT2D eigenvalue weighted by Gasteiger charge is -2.16. The van der Waals surface area contributed by atoms with Crippen molar-refractivity contribution in [1.82, 2.24) is 4.90 Å². The first kappa shape index (κ1) is 16.5. The zero-order valence-electron chi connectivity index (χ0n) is 12.2. The Morgan fingerprint density at radius 2 is 2.14 bits per heavy atom. The van der Waals surface area contributed by atoms with Gasteiger partial charge in [0.25, 0.3) is 0 Å². The van der Waals surface area contributed by atoms with Gasteiger partial charge in [-0.3, -0.25) is 9.59 Å². The summed E-state index contributed by atoms with van der Waals surface area (Å²) in [6.07, 6.45) is 4.44. The van der Waals surface area contributed by atoms with Gasteiger partial charge in [0, 0.05) is 18.2 Å². The van der Waals surface area contributed by atoms with Gasteiger partial charge in [-0.05, 0) is 25.1 Å². The van der Waals surface area contributed by atoms with E-state index in [0.29, 0.717) is 5.75 Å². The van der Waals surface area contributed by atoms with Gasteiger partial charge in [0.2, 0.25) is 5.91 Å². The largest absolute Gasteiger partial charge is 0.496 e. The van der Waals surface area contributed by atoms with Gasteiger partial charge in [-0.25, -0.2) is 0 Å². The smallest absolute Gasteiger partial charge is 0.323 e. The van der Waals surface area contributed by atoms with Crippen LogP contribution in [-0.4, -0.2) is 42.1 Å². The van der Waals surface area contributed by atoms with Gasteiger partial charge in [-0.15, -0.1) is 6.58 Å². The highest BCUT2D eigenvalue weighted by Crippen LogP contribution is 2.21. The van der Waals surface area contributed by atoms with Gasteiger partial charge < -0.3 is 14.7 Å². The van der Waals surface area contributed by atoms with Gasteiger partial charge >= 0.3 is 5.97 Å². The Kier molecular flexibility index (Phi) is 6.20. The van der Waals surface area contributed by atoms with Crippen molar-refractivity contribution >= 4 is 18.0 Å². The molecule has 21 heavy (non-hydrogen) atoms. The first-order chi connectivity index (χ1) is 9.97. The molecule has 112 valence electrons. The maximum absolute atomic E-state index is 12.0. The molecule has 0 fully saturated rings. The number of aliphatic carboxylic acids is 1. The van der Waals surface area contributed by atoms with Crippen LogP contribution in [0.4, 0.5) is 0 Å². The quantitative estimate of drug-likeness (QED) is 0.616. The minimum atomic E-state index is -1.06. The number of carbonyl (C=O) groups excluding carboxylic acids is 1. The van der Waals surface area contributed by atoms with Crippen LogP contribution in [0.5, 0.6) is 5.75 Å². The van der Waals surface area contributed by atoms with Crippen LogP contribution in [0.3, 0.4) is 0 Å². The summed E-state index contributed by atoms with van der Waals surface area (Å²) < 4.78 is 5.22. The van der Waals surface area contributed by atoms with E-state index in [1.807, 2.05) is 25.1 Å². The van der Waals surface area contributed by atoms with E-state index in [4.69, 9.17) is 9.84 Å². The molecule has 0 aliphatic rings. The number of ether oxygens (including phenoxy) is 1. The molecule has 0 bridgehead atoms. The summed E-state index contributed by atoms with van der Waals surface area (Å²) in [5.41, 5.74) is 1.80. The Morgan fingerprint density at radius 3 is 2.71 bits per heavy atom. The number of carboxylic acids is 1. The molecule has 0 saturated heterocycles. The molecule has 0 radical (unpaired) electrons. The number of amides is 1. The van der Waals surface area contributed by atoms with Crippen molar-refractivity contribution in [1.29, 1.82) is 0 Å². The molecule has 0 atom stereocenters. The highest BCUT2D eigenvalue weighted by atomic mass is 16.5. The molecule has 0 aliphatic heterocycles. The summed E-state index contributed by atoms with van der Waals surface area (Å²) in [6, 6.07) is 5.61. The molecule has 1 amide bonds. The van der Waals surface area contributed by atoms with Crippen molar-refractivity contribution in [2.45, 2.75) is 6.92 Å². The zero-order chi connectivity index (χ0) is 15.8. The van der Waals surface area contributed by atoms with Gasteiger partial charge in [0.15, 0.2) is 0 Å². The summed E-state index contributed by atoms with van der Waals surface area (Å²) in [6.45, 7) is 5.27. The molecular formula is C16H19NO4. The van der Waals surface area contributed by atoms with Crippen LogP contribution in [0.15, 0.2) is 36.9 Å². The fraction of sp³-hybridized carbons (Fsp3) is 0.250. The number of hydrogen-bond donors (Lipinski definition) is 1. The van der Waals surface area contributed by atoms with Crippen molar-refractivity contribution < 1.29 is 19.4 Å². The number of hydrogen-bond acceptors (Lipinski definition) is 3. The first-order valence-corrected chi connectivity index (χ1v) is 6.42. The van der Waals surface area contributed by atoms with Crippen LogP contribution in [0.25, 0.3) is 6.08 Å². The second kappa shape index (κ2) is 7.89. The lowest BCUT2D eigenvalue weighted by atomic mass is 10.1. The molecule has 0 unspecified atom stereocenters. The Hall–Kier alpha value is -2.56. The minimum Gasteiger partial charge on any atom is -0.496 e. The molecule has 1 aromatic carbocycles. The summed E-state index contributed by atoms with van der Waals surface area (Å²) in [7, 11) is 1.55. The van der Waals surface area contributed by atoms with Gasteiger partial charge in [0.1, 0.15) is 12.3 Å². The summed E-state index contributed by atoms with van der Waals surface area (Å²) in [5.74, 6) is -0.800. The predicted octanol–water partition coefficient (Wildman–Crippen LogP) is 2.12. The van der Waals surface area contributed by atoms with Crippen LogP contribution in [0, 0.1) is 6.92 Å². The molecule has 5 heteroatoms. The number of rotatable bonds is 7. The van der Waals surface area contributed by atoms with Crippen molar-refractivity contribution in [2.75, 3.05) is 20.2 Å². The molecular weight excluding hydrogens is 270 g/mol. The van der Waals surface area contributed by atoms with E-state index >= 15 is 0 Å². The number of benzene rings is 1. The normalized spacial score (nSPS) is 10.4. The Morgan fingerprint density at radius 1 is 1.43 bits per heavy atom. The maximum Gasteiger partial charge on any atom is 0.323 e. The third kappa shape index (κ3) is 5.14. The monoisotopic (exact) mass is 289 g/mol. The van der Waals surface area contributed by atoms with E-state index in [-0.39, 0.29) is 19.0 Å². The van der Waals surface area contributed by atoms with E-state index in [0.717, 1.165) is 11.1 Å². The van der Waals surface area contributed by atoms with Crippen LogP contribution >= 0.6 is 0 Å². The first-order valence-electron chi connectivity index (χ1n) is 6.42. The molecule has 0 aliphatic carbocycles. The number of carbonyl (C=O) groups is 2. The zero-order valence-corrected chi connectivity index (χ0v) is 12.2. The third-order valence-corrected chi connectivity index (χ3v) is 2.78. The van der Waals surface area contributed by atoms with Crippen LogP contribution in [-0.2, 0) is 9.59 Å². The van der Waals surface area contributed by atoms with E-state index in [1.54, 1.807) is 13.2 Å². The second-order valence-electron chi connectivity index (χ2n) is 4.48. The Labute approximate surface area is 124 Å². The molecule has 1 N–H and O–H groups in total. The van der Waals surface area contributed by atoms with E-state index in [1.165, 1.54) is 17.1 Å². The number of nitrogens with zero attached hydrogens (tertiary/aromatic N) is 1. The van der Waals surface area contributed by atoms with Gasteiger partial charge in [-0.1, -0.05) is 17.7 Å². The SMILES string of the molecule is C=CCN(CC(=O)O)C(=O)C=Cc1cc(C)ccc1OC. The lowest BCUT2D eigenvalue weighted by molar-refractivity contribution is -0.142. The van der Waals surface area contributed by atoms with Crippen molar-refractivity contribution in [3.8, 4) is 5.75 Å². The second-order valence-corrected chi connectivity index (χ2v) is 4.48. The molecule has 0 heterocycles. The summed E-state index contributed by atoms with van der Waals surface area (Å²) in [4.78, 5) is 23.9. The van der Waals surface area contributed by atoms with Crippen LogP contribution in [0.1, 0.15) is 11.1 Å². The van der Waals surface area contributed by atoms with Crippen molar-refractivity contribution in [3.63, 3.8) is 0 Å². The Bertz CT molecular complexity index is 563. The minimum absolute atomic E-state index is 0.181. The molecule has 0 spiro atoms. The van der Waals surface area contributed by atoms with Crippen molar-refractivity contribution in [3.05, 3.63) is 48.1 Å². The standard InChI is InChI=1S/C16H19NO4/c1-4-9-17(11-16(19)20)15(18)8-6-13-10-12(2)5-7-14(13)21-3/h4-8,10H,1,9,11H2,2-3H3,(H,19,20). The van der Waals surface area contributed by atoms with Gasteiger partial charge in [0.05, 0.1) is 7.11 Å². The van der Waals surface area contributed by atoms with E-state index in [9.17, 15) is 9.59 Å². The Balaban J connectivity index is 2.91. The fourth-order valence-electron chi connectivity index (χ4n) is 1.80. The number of methoxy groups -OCH3 is 1. The van der Waals surface area contributed by atoms with Gasteiger partial charge in [-0.2, -0.15) is 0 Å². The molecule has 0 aromatic heterocycles. The molecule has 5 nitrogen and oxygen atoms in total. The third-order valence-electron chi connectivity index (χ3n) is 2.78. The highest BCUT2D eigenvalue weighted by molar-refractivity contribution is 5.94. The molecule has 1 aromatic rings. The van der Waals surface area contributed by atoms with Crippen LogP contribution < -0.4 is 4.74 Å². The molecule has 0 saturated carbocycles. The number of carboxylic acid groups (broad SMARTS) is 1. The van der Waals surface area contributed by atoms with E-state index in [2.05, 4.69) is 6.58 Å². The predicted molar refractivity (Wildman–Crippen MR) is 81.2 cm³/mol. The lowest BCUT2D eigenvalue weighted by Crippen LogP contribution is -2.34. The van der Waals surface area contributed by atoms with Crippen LogP contribution in [0.2, 0.25) is 0 Å². The summed E-state index contributed by atoms with van der Waals surface area (Å²) in [5, 5.41) is 8.79. The maximum atomic E-state index is 12.0.